The zero-order chi connectivity index (χ0) is 20.1. The molecule has 0 spiro atoms. The van der Waals surface area contributed by atoms with E-state index in [9.17, 15) is 4.79 Å². The predicted octanol–water partition coefficient (Wildman–Crippen LogP) is 4.50. The topological polar surface area (TPSA) is 49.6 Å². The maximum Gasteiger partial charge on any atom is 0.236 e. The maximum atomic E-state index is 12.9. The van der Waals surface area contributed by atoms with Gasteiger partial charge in [-0.1, -0.05) is 42.6 Å². The van der Waals surface area contributed by atoms with Gasteiger partial charge in [0.15, 0.2) is 5.89 Å². The molecule has 1 amide bonds. The number of benzene rings is 1. The molecule has 2 saturated heterocycles. The van der Waals surface area contributed by atoms with Gasteiger partial charge < -0.3 is 9.32 Å². The van der Waals surface area contributed by atoms with Crippen LogP contribution in [-0.4, -0.2) is 53.4 Å². The quantitative estimate of drug-likeness (QED) is 0.721. The van der Waals surface area contributed by atoms with Crippen LogP contribution in [0.4, 0.5) is 0 Å². The lowest BCUT2D eigenvalue weighted by Crippen LogP contribution is -2.44. The van der Waals surface area contributed by atoms with Crippen LogP contribution in [0.15, 0.2) is 34.9 Å². The van der Waals surface area contributed by atoms with Crippen molar-refractivity contribution >= 4 is 17.5 Å². The molecule has 1 aromatic heterocycles. The molecule has 0 bridgehead atoms. The molecule has 6 heteroatoms. The van der Waals surface area contributed by atoms with Crippen LogP contribution in [0.3, 0.4) is 0 Å². The van der Waals surface area contributed by atoms with E-state index in [1.54, 1.807) is 6.20 Å². The van der Waals surface area contributed by atoms with E-state index in [1.165, 1.54) is 25.7 Å². The molecule has 156 valence electrons. The second-order valence-corrected chi connectivity index (χ2v) is 8.71. The zero-order valence-electron chi connectivity index (χ0n) is 17.0. The van der Waals surface area contributed by atoms with E-state index in [0.717, 1.165) is 54.7 Å². The molecule has 0 aliphatic carbocycles. The Balaban J connectivity index is 1.35. The Morgan fingerprint density at radius 3 is 2.69 bits per heavy atom. The summed E-state index contributed by atoms with van der Waals surface area (Å²) in [5, 5.41) is 0.744. The number of carbonyl (C=O) groups is 1. The van der Waals surface area contributed by atoms with Gasteiger partial charge in [0.05, 0.1) is 18.7 Å². The van der Waals surface area contributed by atoms with E-state index in [2.05, 4.69) is 9.88 Å². The highest BCUT2D eigenvalue weighted by Crippen LogP contribution is 2.28. The minimum Gasteiger partial charge on any atom is -0.445 e. The summed E-state index contributed by atoms with van der Waals surface area (Å²) in [5.41, 5.74) is 1.04. The van der Waals surface area contributed by atoms with Crippen molar-refractivity contribution < 1.29 is 9.21 Å². The van der Waals surface area contributed by atoms with E-state index in [1.807, 2.05) is 29.2 Å². The molecule has 1 aromatic carbocycles. The summed E-state index contributed by atoms with van der Waals surface area (Å²) in [6.45, 7) is 4.20. The van der Waals surface area contributed by atoms with Gasteiger partial charge in [-0.15, -0.1) is 0 Å². The number of oxazole rings is 1. The Hall–Kier alpha value is -1.85. The summed E-state index contributed by atoms with van der Waals surface area (Å²) in [7, 11) is 0. The highest BCUT2D eigenvalue weighted by atomic mass is 35.5. The van der Waals surface area contributed by atoms with Crippen molar-refractivity contribution in [3.63, 3.8) is 0 Å². The number of amides is 1. The van der Waals surface area contributed by atoms with Crippen molar-refractivity contribution in [1.82, 2.24) is 14.8 Å². The second-order valence-electron chi connectivity index (χ2n) is 8.30. The molecule has 2 aromatic rings. The first-order valence-corrected chi connectivity index (χ1v) is 11.2. The molecule has 29 heavy (non-hydrogen) atoms. The summed E-state index contributed by atoms with van der Waals surface area (Å²) >= 11 is 6.26. The van der Waals surface area contributed by atoms with E-state index in [4.69, 9.17) is 16.0 Å². The third-order valence-corrected chi connectivity index (χ3v) is 6.44. The van der Waals surface area contributed by atoms with Gasteiger partial charge in [-0.2, -0.15) is 0 Å². The number of hydrogen-bond donors (Lipinski definition) is 0. The number of hydrogen-bond acceptors (Lipinski definition) is 4. The van der Waals surface area contributed by atoms with Crippen molar-refractivity contribution in [2.45, 2.75) is 50.9 Å². The monoisotopic (exact) mass is 415 g/mol. The highest BCUT2D eigenvalue weighted by Gasteiger charge is 2.28. The third-order valence-electron chi connectivity index (χ3n) is 6.07. The van der Waals surface area contributed by atoms with Crippen molar-refractivity contribution in [3.05, 3.63) is 52.7 Å². The van der Waals surface area contributed by atoms with Crippen molar-refractivity contribution in [2.24, 2.45) is 0 Å². The molecule has 0 unspecified atom stereocenters. The van der Waals surface area contributed by atoms with Crippen LogP contribution in [0.2, 0.25) is 5.02 Å². The Labute approximate surface area is 178 Å². The van der Waals surface area contributed by atoms with Gasteiger partial charge in [0.2, 0.25) is 5.91 Å². The van der Waals surface area contributed by atoms with Gasteiger partial charge in [0, 0.05) is 24.5 Å². The molecule has 0 radical (unpaired) electrons. The SMILES string of the molecule is O=C(CN1CCCCCC1)N1CCC[C@@H](c2ncc(Cc3ccccc3Cl)o2)C1. The van der Waals surface area contributed by atoms with E-state index in [-0.39, 0.29) is 11.8 Å². The average Bonchev–Trinajstić information content (AvgIpc) is 3.05. The largest absolute Gasteiger partial charge is 0.445 e. The van der Waals surface area contributed by atoms with Gasteiger partial charge >= 0.3 is 0 Å². The summed E-state index contributed by atoms with van der Waals surface area (Å²) < 4.78 is 6.06. The first-order valence-electron chi connectivity index (χ1n) is 10.9. The minimum atomic E-state index is 0.178. The van der Waals surface area contributed by atoms with Crippen LogP contribution < -0.4 is 0 Å². The molecule has 2 aliphatic heterocycles. The summed E-state index contributed by atoms with van der Waals surface area (Å²) in [6, 6.07) is 7.81. The number of nitrogens with zero attached hydrogens (tertiary/aromatic N) is 3. The van der Waals surface area contributed by atoms with Crippen LogP contribution >= 0.6 is 11.6 Å². The fraction of sp³-hybridized carbons (Fsp3) is 0.565. The number of piperidine rings is 1. The lowest BCUT2D eigenvalue weighted by Gasteiger charge is -2.33. The summed E-state index contributed by atoms with van der Waals surface area (Å²) in [4.78, 5) is 21.7. The smallest absolute Gasteiger partial charge is 0.236 e. The molecule has 3 heterocycles. The van der Waals surface area contributed by atoms with Gasteiger partial charge in [0.25, 0.3) is 0 Å². The lowest BCUT2D eigenvalue weighted by atomic mass is 9.98. The van der Waals surface area contributed by atoms with Crippen LogP contribution in [0.25, 0.3) is 0 Å². The number of carbonyl (C=O) groups excluding carboxylic acids is 1. The molecule has 4 rings (SSSR count). The lowest BCUT2D eigenvalue weighted by molar-refractivity contribution is -0.133. The highest BCUT2D eigenvalue weighted by molar-refractivity contribution is 6.31. The first-order chi connectivity index (χ1) is 14.2. The second kappa shape index (κ2) is 9.77. The number of halogens is 1. The van der Waals surface area contributed by atoms with Gasteiger partial charge in [0.1, 0.15) is 5.76 Å². The fourth-order valence-corrected chi connectivity index (χ4v) is 4.62. The van der Waals surface area contributed by atoms with Crippen molar-refractivity contribution in [3.8, 4) is 0 Å². The summed E-state index contributed by atoms with van der Waals surface area (Å²) in [6.07, 6.45) is 9.45. The van der Waals surface area contributed by atoms with Crippen LogP contribution in [0, 0.1) is 0 Å². The third kappa shape index (κ3) is 5.40. The molecule has 1 atom stereocenters. The van der Waals surface area contributed by atoms with Gasteiger partial charge in [-0.3, -0.25) is 9.69 Å². The molecular formula is C23H30ClN3O2. The first kappa shape index (κ1) is 20.4. The van der Waals surface area contributed by atoms with Crippen LogP contribution in [0.1, 0.15) is 61.7 Å². The predicted molar refractivity (Wildman–Crippen MR) is 114 cm³/mol. The Bertz CT molecular complexity index is 814. The average molecular weight is 416 g/mol. The molecule has 2 aliphatic rings. The van der Waals surface area contributed by atoms with E-state index in [0.29, 0.717) is 19.5 Å². The standard InChI is InChI=1S/C23H30ClN3O2/c24-21-10-4-3-8-18(21)14-20-15-25-23(29-20)19-9-7-13-27(16-19)22(28)17-26-11-5-1-2-6-12-26/h3-4,8,10,15,19H,1-2,5-7,9,11-14,16-17H2/t19-/m1/s1. The molecule has 5 nitrogen and oxygen atoms in total. The summed E-state index contributed by atoms with van der Waals surface area (Å²) in [5.74, 6) is 2.00. The number of likely N-dealkylation sites (tertiary alicyclic amines) is 2. The minimum absolute atomic E-state index is 0.178. The van der Waals surface area contributed by atoms with E-state index < -0.39 is 0 Å². The van der Waals surface area contributed by atoms with Crippen LogP contribution in [0.5, 0.6) is 0 Å². The Morgan fingerprint density at radius 1 is 1.10 bits per heavy atom. The maximum absolute atomic E-state index is 12.9. The fourth-order valence-electron chi connectivity index (χ4n) is 4.41. The van der Waals surface area contributed by atoms with Crippen molar-refractivity contribution in [2.75, 3.05) is 32.7 Å². The number of rotatable bonds is 5. The number of aromatic nitrogens is 1. The van der Waals surface area contributed by atoms with E-state index >= 15 is 0 Å². The van der Waals surface area contributed by atoms with Crippen LogP contribution in [-0.2, 0) is 11.2 Å². The Morgan fingerprint density at radius 2 is 1.90 bits per heavy atom. The molecule has 0 N–H and O–H groups in total. The van der Waals surface area contributed by atoms with Crippen molar-refractivity contribution in [1.29, 1.82) is 0 Å². The molecule has 0 saturated carbocycles. The van der Waals surface area contributed by atoms with Gasteiger partial charge in [-0.05, 0) is 50.4 Å². The Kier molecular flexibility index (Phi) is 6.88. The molecule has 2 fully saturated rings. The van der Waals surface area contributed by atoms with Gasteiger partial charge in [-0.25, -0.2) is 4.98 Å². The normalized spacial score (nSPS) is 21.1. The zero-order valence-corrected chi connectivity index (χ0v) is 17.7. The molecular weight excluding hydrogens is 386 g/mol.